The van der Waals surface area contributed by atoms with Crippen molar-refractivity contribution in [1.82, 2.24) is 19.9 Å². The van der Waals surface area contributed by atoms with Crippen LogP contribution < -0.4 is 39.2 Å². The van der Waals surface area contributed by atoms with E-state index in [0.717, 1.165) is 0 Å². The van der Waals surface area contributed by atoms with Crippen LogP contribution in [-0.4, -0.2) is 32.9 Å². The maximum absolute atomic E-state index is 12.0. The molecule has 2 aromatic heterocycles. The van der Waals surface area contributed by atoms with E-state index in [0.29, 0.717) is 28.4 Å². The van der Waals surface area contributed by atoms with Gasteiger partial charge in [-0.3, -0.25) is 24.8 Å². The van der Waals surface area contributed by atoms with Crippen molar-refractivity contribution in [2.75, 3.05) is 4.90 Å². The molecule has 4 aromatic rings. The molecule has 5 rings (SSSR count). The normalized spacial score (nSPS) is 12.1. The first-order valence-electron chi connectivity index (χ1n) is 10.8. The summed E-state index contributed by atoms with van der Waals surface area (Å²) in [6.07, 6.45) is 16.4. The van der Waals surface area contributed by atoms with Crippen molar-refractivity contribution in [1.29, 1.82) is 0 Å². The number of rotatable bonds is 3. The van der Waals surface area contributed by atoms with Crippen LogP contribution in [0, 0.1) is 0 Å². The van der Waals surface area contributed by atoms with Crippen LogP contribution in [-0.2, 0) is 10.1 Å². The third-order valence-corrected chi connectivity index (χ3v) is 5.56. The van der Waals surface area contributed by atoms with E-state index in [9.17, 15) is 13.0 Å². The predicted octanol–water partition coefficient (Wildman–Crippen LogP) is 2.24. The minimum atomic E-state index is -4.72. The number of fused-ring (bicyclic) bond motifs is 2. The van der Waals surface area contributed by atoms with E-state index in [1.165, 1.54) is 4.90 Å². The standard InChI is InChI=1S/C18H17NO4S.2C4H4N2.Na/c1-3-8-13(2)18(24(20,21)22)19-14-9-4-6-11-16(14)23-17-12-7-5-10-15(17)19;2*1-2-6-4-3-5-1;/h3-12H,1-2H3,(H,20,21,22);2*1-4H;/q;;;+1/p-1. The Hall–Kier alpha value is -3.41. The van der Waals surface area contributed by atoms with Crippen molar-refractivity contribution in [2.24, 2.45) is 0 Å². The quantitative estimate of drug-likeness (QED) is 0.225. The molecule has 0 aliphatic carbocycles. The van der Waals surface area contributed by atoms with Gasteiger partial charge in [0.15, 0.2) is 11.5 Å². The second kappa shape index (κ2) is 15.0. The van der Waals surface area contributed by atoms with Gasteiger partial charge in [0.2, 0.25) is 0 Å². The second-order valence-electron chi connectivity index (χ2n) is 7.10. The monoisotopic (exact) mass is 525 g/mol. The largest absolute Gasteiger partial charge is 1.00 e. The third kappa shape index (κ3) is 8.59. The third-order valence-electron chi connectivity index (χ3n) is 4.58. The zero-order valence-electron chi connectivity index (χ0n) is 20.7. The Bertz CT molecular complexity index is 1290. The molecule has 0 atom stereocenters. The molecule has 0 spiro atoms. The first-order chi connectivity index (χ1) is 17.4. The number of allylic oxidation sites excluding steroid dienone is 3. The molecule has 0 saturated heterocycles. The molecule has 0 radical (unpaired) electrons. The van der Waals surface area contributed by atoms with Gasteiger partial charge in [-0.25, -0.2) is 8.42 Å². The maximum Gasteiger partial charge on any atom is 1.00 e. The van der Waals surface area contributed by atoms with Crippen molar-refractivity contribution in [2.45, 2.75) is 13.8 Å². The van der Waals surface area contributed by atoms with Crippen molar-refractivity contribution < 1.29 is 47.3 Å². The fourth-order valence-electron chi connectivity index (χ4n) is 3.24. The van der Waals surface area contributed by atoms with Crippen molar-refractivity contribution in [3.63, 3.8) is 0 Å². The van der Waals surface area contributed by atoms with Crippen molar-refractivity contribution >= 4 is 21.5 Å². The molecule has 0 unspecified atom stereocenters. The number of benzene rings is 2. The average Bonchev–Trinajstić information content (AvgIpc) is 2.91. The van der Waals surface area contributed by atoms with Gasteiger partial charge in [-0.1, -0.05) is 36.4 Å². The van der Waals surface area contributed by atoms with Crippen LogP contribution in [0.4, 0.5) is 11.4 Å². The Kier molecular flexibility index (Phi) is 12.1. The first kappa shape index (κ1) is 29.8. The van der Waals surface area contributed by atoms with Crippen molar-refractivity contribution in [3.05, 3.63) is 121 Å². The van der Waals surface area contributed by atoms with Crippen LogP contribution in [0.1, 0.15) is 13.8 Å². The summed E-state index contributed by atoms with van der Waals surface area (Å²) in [5, 5.41) is -0.302. The Morgan fingerprint density at radius 2 is 1.16 bits per heavy atom. The van der Waals surface area contributed by atoms with Crippen LogP contribution >= 0.6 is 0 Å². The Labute approximate surface area is 238 Å². The number of ether oxygens (including phenoxy) is 1. The second-order valence-corrected chi connectivity index (χ2v) is 8.40. The van der Waals surface area contributed by atoms with Gasteiger partial charge in [0.05, 0.1) is 11.4 Å². The van der Waals surface area contributed by atoms with Crippen LogP contribution in [0.2, 0.25) is 0 Å². The number of hydrogen-bond donors (Lipinski definition) is 0. The van der Waals surface area contributed by atoms with E-state index in [1.54, 1.807) is 124 Å². The summed E-state index contributed by atoms with van der Waals surface area (Å²) in [4.78, 5) is 16.3. The molecular formula is C26H24N5NaO4S. The fraction of sp³-hybridized carbons (Fsp3) is 0.0769. The SMILES string of the molecule is CC=CC(C)=C(N1c2ccccc2Oc2ccccc21)S(=O)(=O)[O-].[Na+].c1cnccn1.c1cnccn1. The number of nitrogens with zero attached hydrogens (tertiary/aromatic N) is 5. The zero-order valence-corrected chi connectivity index (χ0v) is 23.5. The molecule has 0 amide bonds. The van der Waals surface area contributed by atoms with E-state index in [1.807, 2.05) is 0 Å². The summed E-state index contributed by atoms with van der Waals surface area (Å²) in [5.41, 5.74) is 1.38. The summed E-state index contributed by atoms with van der Waals surface area (Å²) in [5.74, 6) is 0.983. The Balaban J connectivity index is 0.000000302. The number of aromatic nitrogens is 4. The summed E-state index contributed by atoms with van der Waals surface area (Å²) in [6, 6.07) is 14.0. The van der Waals surface area contributed by atoms with Crippen LogP contribution in [0.15, 0.2) is 121 Å². The minimum Gasteiger partial charge on any atom is -0.743 e. The molecule has 2 aromatic carbocycles. The minimum absolute atomic E-state index is 0. The maximum atomic E-state index is 12.0. The first-order valence-corrected chi connectivity index (χ1v) is 12.2. The topological polar surface area (TPSA) is 121 Å². The number of hydrogen-bond acceptors (Lipinski definition) is 9. The van der Waals surface area contributed by atoms with E-state index in [-0.39, 0.29) is 34.6 Å². The van der Waals surface area contributed by atoms with Crippen LogP contribution in [0.3, 0.4) is 0 Å². The molecule has 37 heavy (non-hydrogen) atoms. The average molecular weight is 526 g/mol. The predicted molar refractivity (Wildman–Crippen MR) is 136 cm³/mol. The van der Waals surface area contributed by atoms with E-state index in [2.05, 4.69) is 19.9 Å². The smallest absolute Gasteiger partial charge is 0.743 e. The van der Waals surface area contributed by atoms with Crippen LogP contribution in [0.25, 0.3) is 0 Å². The molecular weight excluding hydrogens is 501 g/mol. The van der Waals surface area contributed by atoms with Gasteiger partial charge >= 0.3 is 29.6 Å². The zero-order chi connectivity index (χ0) is 25.8. The molecule has 0 fully saturated rings. The summed E-state index contributed by atoms with van der Waals surface area (Å²) >= 11 is 0. The fourth-order valence-corrected chi connectivity index (χ4v) is 4.12. The van der Waals surface area contributed by atoms with Gasteiger partial charge in [0.25, 0.3) is 0 Å². The molecule has 11 heteroatoms. The molecule has 0 bridgehead atoms. The molecule has 1 aliphatic rings. The van der Waals surface area contributed by atoms with Crippen molar-refractivity contribution in [3.8, 4) is 11.5 Å². The van der Waals surface area contributed by atoms with Crippen LogP contribution in [0.5, 0.6) is 11.5 Å². The Morgan fingerprint density at radius 1 is 0.784 bits per heavy atom. The molecule has 9 nitrogen and oxygen atoms in total. The summed E-state index contributed by atoms with van der Waals surface area (Å²) in [7, 11) is -4.72. The molecule has 0 N–H and O–H groups in total. The van der Waals surface area contributed by atoms with Gasteiger partial charge in [-0.15, -0.1) is 0 Å². The van der Waals surface area contributed by atoms with Gasteiger partial charge in [0.1, 0.15) is 15.1 Å². The molecule has 1 aliphatic heterocycles. The van der Waals surface area contributed by atoms with E-state index < -0.39 is 10.1 Å². The van der Waals surface area contributed by atoms with Gasteiger partial charge in [-0.05, 0) is 43.7 Å². The molecule has 0 saturated carbocycles. The Morgan fingerprint density at radius 3 is 1.49 bits per heavy atom. The molecule has 3 heterocycles. The number of para-hydroxylation sites is 4. The van der Waals surface area contributed by atoms with E-state index in [4.69, 9.17) is 4.74 Å². The van der Waals surface area contributed by atoms with Gasteiger partial charge < -0.3 is 9.29 Å². The summed E-state index contributed by atoms with van der Waals surface area (Å²) < 4.78 is 41.9. The summed E-state index contributed by atoms with van der Waals surface area (Å²) in [6.45, 7) is 3.37. The number of anilines is 2. The van der Waals surface area contributed by atoms with E-state index >= 15 is 0 Å². The van der Waals surface area contributed by atoms with Gasteiger partial charge in [-0.2, -0.15) is 0 Å². The van der Waals surface area contributed by atoms with Gasteiger partial charge in [0, 0.05) is 49.6 Å². The molecule has 184 valence electrons.